The van der Waals surface area contributed by atoms with Gasteiger partial charge in [-0.05, 0) is 54.6 Å². The molecule has 3 aromatic rings. The average Bonchev–Trinajstić information content (AvgIpc) is 2.88. The van der Waals surface area contributed by atoms with Crippen molar-refractivity contribution in [3.8, 4) is 0 Å². The van der Waals surface area contributed by atoms with Gasteiger partial charge in [-0.3, -0.25) is 4.72 Å². The van der Waals surface area contributed by atoms with Crippen LogP contribution in [0.15, 0.2) is 87.5 Å². The predicted octanol–water partition coefficient (Wildman–Crippen LogP) is 2.65. The lowest BCUT2D eigenvalue weighted by molar-refractivity contribution is 0.589. The van der Waals surface area contributed by atoms with Crippen molar-refractivity contribution in [2.75, 3.05) is 45.9 Å². The first kappa shape index (κ1) is 27.2. The number of hydrogen-bond acceptors (Lipinski definition) is 8. The second-order valence-electron chi connectivity index (χ2n) is 8.32. The zero-order valence-electron chi connectivity index (χ0n) is 19.7. The van der Waals surface area contributed by atoms with Crippen molar-refractivity contribution >= 4 is 58.7 Å². The summed E-state index contributed by atoms with van der Waals surface area (Å²) in [6.07, 6.45) is 1.01. The molecule has 0 aliphatic carbocycles. The van der Waals surface area contributed by atoms with Gasteiger partial charge in [0.15, 0.2) is 9.84 Å². The van der Waals surface area contributed by atoms with Crippen LogP contribution in [0, 0.1) is 0 Å². The van der Waals surface area contributed by atoms with Gasteiger partial charge in [0.1, 0.15) is 0 Å². The summed E-state index contributed by atoms with van der Waals surface area (Å²) >= 11 is 6.35. The van der Waals surface area contributed by atoms with Crippen molar-refractivity contribution in [1.82, 2.24) is 5.32 Å². The second-order valence-corrected chi connectivity index (χ2v) is 14.3. The Balaban J connectivity index is 1.76. The van der Waals surface area contributed by atoms with E-state index in [-0.39, 0.29) is 26.1 Å². The van der Waals surface area contributed by atoms with Gasteiger partial charge in [-0.15, -0.1) is 0 Å². The molecule has 2 N–H and O–H groups in total. The highest BCUT2D eigenvalue weighted by molar-refractivity contribution is 7.94. The highest BCUT2D eigenvalue weighted by atomic mass is 35.5. The summed E-state index contributed by atoms with van der Waals surface area (Å²) in [6.45, 7) is 2.85. The van der Waals surface area contributed by atoms with Crippen LogP contribution in [-0.4, -0.2) is 57.7 Å². The predicted molar refractivity (Wildman–Crippen MR) is 144 cm³/mol. The SMILES string of the molecule is CS(=O)(=O)c1ccc(S(=O)(=O)N(Cl)c2ccc(N3CCNCC3)cc2NS(=O)(=O)c2ccccc2)cc1. The van der Waals surface area contributed by atoms with E-state index in [9.17, 15) is 25.3 Å². The molecule has 0 spiro atoms. The van der Waals surface area contributed by atoms with E-state index < -0.39 is 29.9 Å². The molecule has 0 bridgehead atoms. The minimum absolute atomic E-state index is 0.00568. The fourth-order valence-electron chi connectivity index (χ4n) is 3.76. The van der Waals surface area contributed by atoms with Gasteiger partial charge in [0.05, 0.1) is 26.1 Å². The number of halogens is 1. The van der Waals surface area contributed by atoms with Crippen LogP contribution in [0.5, 0.6) is 0 Å². The summed E-state index contributed by atoms with van der Waals surface area (Å²) in [5, 5.41) is 3.24. The van der Waals surface area contributed by atoms with Crippen LogP contribution >= 0.6 is 11.8 Å². The van der Waals surface area contributed by atoms with E-state index in [1.165, 1.54) is 30.3 Å². The molecule has 1 fully saturated rings. The Kier molecular flexibility index (Phi) is 7.72. The highest BCUT2D eigenvalue weighted by Gasteiger charge is 2.28. The second kappa shape index (κ2) is 10.5. The fraction of sp³-hybridized carbons (Fsp3) is 0.217. The number of rotatable bonds is 8. The van der Waals surface area contributed by atoms with Crippen molar-refractivity contribution in [1.29, 1.82) is 0 Å². The lowest BCUT2D eigenvalue weighted by Gasteiger charge is -2.30. The first-order chi connectivity index (χ1) is 17.4. The van der Waals surface area contributed by atoms with Crippen LogP contribution in [0.4, 0.5) is 17.1 Å². The van der Waals surface area contributed by atoms with E-state index in [0.717, 1.165) is 31.5 Å². The molecule has 0 unspecified atom stereocenters. The number of sulfone groups is 1. The van der Waals surface area contributed by atoms with Crippen LogP contribution in [-0.2, 0) is 29.9 Å². The van der Waals surface area contributed by atoms with Crippen LogP contribution in [0.2, 0.25) is 0 Å². The van der Waals surface area contributed by atoms with Gasteiger partial charge in [-0.25, -0.2) is 16.8 Å². The van der Waals surface area contributed by atoms with Crippen molar-refractivity contribution in [2.24, 2.45) is 0 Å². The Morgan fingerprint density at radius 1 is 0.811 bits per heavy atom. The summed E-state index contributed by atoms with van der Waals surface area (Å²) in [5.74, 6) is 0. The smallest absolute Gasteiger partial charge is 0.278 e. The molecule has 3 aromatic carbocycles. The molecule has 37 heavy (non-hydrogen) atoms. The zero-order chi connectivity index (χ0) is 26.8. The fourth-order valence-corrected chi connectivity index (χ4v) is 6.95. The molecule has 1 saturated heterocycles. The maximum atomic E-state index is 13.3. The van der Waals surface area contributed by atoms with E-state index in [1.807, 2.05) is 4.90 Å². The normalized spacial score (nSPS) is 14.8. The van der Waals surface area contributed by atoms with Gasteiger partial charge >= 0.3 is 0 Å². The highest BCUT2D eigenvalue weighted by Crippen LogP contribution is 2.37. The molecular formula is C23H25ClN4O6S3. The molecule has 0 aromatic heterocycles. The molecular weight excluding hydrogens is 560 g/mol. The maximum Gasteiger partial charge on any atom is 0.278 e. The average molecular weight is 585 g/mol. The number of piperazine rings is 1. The van der Waals surface area contributed by atoms with E-state index in [2.05, 4.69) is 10.0 Å². The third kappa shape index (κ3) is 6.02. The summed E-state index contributed by atoms with van der Waals surface area (Å²) in [4.78, 5) is 1.72. The molecule has 0 atom stereocenters. The number of nitrogens with one attached hydrogen (secondary N) is 2. The lowest BCUT2D eigenvalue weighted by atomic mass is 10.2. The number of benzene rings is 3. The molecule has 0 saturated carbocycles. The minimum atomic E-state index is -4.39. The van der Waals surface area contributed by atoms with E-state index in [1.54, 1.807) is 30.3 Å². The van der Waals surface area contributed by atoms with Crippen LogP contribution < -0.4 is 18.8 Å². The Morgan fingerprint density at radius 2 is 1.41 bits per heavy atom. The first-order valence-corrected chi connectivity index (χ1v) is 16.2. The molecule has 0 amide bonds. The largest absolute Gasteiger partial charge is 0.369 e. The quantitative estimate of drug-likeness (QED) is 0.386. The molecule has 4 rings (SSSR count). The van der Waals surface area contributed by atoms with Gasteiger partial charge in [0, 0.05) is 49.9 Å². The molecule has 198 valence electrons. The van der Waals surface area contributed by atoms with Gasteiger partial charge < -0.3 is 10.2 Å². The molecule has 1 aliphatic heterocycles. The monoisotopic (exact) mass is 584 g/mol. The van der Waals surface area contributed by atoms with Gasteiger partial charge in [-0.1, -0.05) is 18.2 Å². The minimum Gasteiger partial charge on any atom is -0.369 e. The van der Waals surface area contributed by atoms with E-state index in [0.29, 0.717) is 22.6 Å². The lowest BCUT2D eigenvalue weighted by Crippen LogP contribution is -2.43. The molecule has 14 heteroatoms. The van der Waals surface area contributed by atoms with E-state index in [4.69, 9.17) is 11.8 Å². The zero-order valence-corrected chi connectivity index (χ0v) is 22.9. The standard InChI is InChI=1S/C23H25ClN4O6S3/c1-35(29,30)19-8-10-21(11-9-19)37(33,34)28(24)23-12-7-18(27-15-13-25-14-16-27)17-22(23)26-36(31,32)20-5-3-2-4-6-20/h2-12,17,25-26H,13-16H2,1H3. The molecule has 10 nitrogen and oxygen atoms in total. The third-order valence-corrected chi connectivity index (χ3v) is 10.4. The molecule has 1 aliphatic rings. The van der Waals surface area contributed by atoms with Crippen molar-refractivity contribution in [2.45, 2.75) is 14.7 Å². The first-order valence-electron chi connectivity index (χ1n) is 11.1. The van der Waals surface area contributed by atoms with Gasteiger partial charge in [0.25, 0.3) is 20.0 Å². The molecule has 1 heterocycles. The van der Waals surface area contributed by atoms with Crippen LogP contribution in [0.1, 0.15) is 0 Å². The van der Waals surface area contributed by atoms with Crippen molar-refractivity contribution < 1.29 is 25.3 Å². The number of anilines is 3. The van der Waals surface area contributed by atoms with Crippen molar-refractivity contribution in [3.05, 3.63) is 72.8 Å². The summed E-state index contributed by atoms with van der Waals surface area (Å²) in [5.41, 5.74) is 0.537. The molecule has 0 radical (unpaired) electrons. The Labute approximate surface area is 222 Å². The van der Waals surface area contributed by atoms with Gasteiger partial charge in [0.2, 0.25) is 0 Å². The Bertz CT molecular complexity index is 1590. The summed E-state index contributed by atoms with van der Waals surface area (Å²) in [6, 6.07) is 16.9. The Hall–Kier alpha value is -2.84. The van der Waals surface area contributed by atoms with Crippen LogP contribution in [0.3, 0.4) is 0 Å². The number of nitrogens with zero attached hydrogens (tertiary/aromatic N) is 2. The van der Waals surface area contributed by atoms with Crippen molar-refractivity contribution in [3.63, 3.8) is 0 Å². The third-order valence-electron chi connectivity index (χ3n) is 5.71. The van der Waals surface area contributed by atoms with Gasteiger partial charge in [-0.2, -0.15) is 12.2 Å². The summed E-state index contributed by atoms with van der Waals surface area (Å²) < 4.78 is 79.3. The summed E-state index contributed by atoms with van der Waals surface area (Å²) in [7, 11) is -12.0. The topological polar surface area (TPSA) is 133 Å². The van der Waals surface area contributed by atoms with E-state index >= 15 is 0 Å². The number of sulfonamides is 2. The van der Waals surface area contributed by atoms with Crippen LogP contribution in [0.25, 0.3) is 0 Å². The maximum absolute atomic E-state index is 13.3. The Morgan fingerprint density at radius 3 is 2.00 bits per heavy atom. The number of hydrogen-bond donors (Lipinski definition) is 2.